The SMILES string of the molecule is CCCCNC(=O)C(Cc1ccccc1)N(Cc1cccc(Cl)c1)C(=O)CN(c1ccc(Cl)c(Cl)c1)S(=O)(=O)c1ccccc1. The van der Waals surface area contributed by atoms with Crippen molar-refractivity contribution in [1.29, 1.82) is 0 Å². The molecule has 4 aromatic carbocycles. The molecule has 0 spiro atoms. The second-order valence-electron chi connectivity index (χ2n) is 10.4. The fraction of sp³-hybridized carbons (Fsp3) is 0.235. The van der Waals surface area contributed by atoms with Crippen LogP contribution in [0.3, 0.4) is 0 Å². The third-order valence-corrected chi connectivity index (χ3v) is 9.91. The third-order valence-electron chi connectivity index (χ3n) is 7.14. The fourth-order valence-electron chi connectivity index (χ4n) is 4.78. The lowest BCUT2D eigenvalue weighted by molar-refractivity contribution is -0.140. The minimum Gasteiger partial charge on any atom is -0.354 e. The van der Waals surface area contributed by atoms with Gasteiger partial charge in [-0.2, -0.15) is 0 Å². The number of sulfonamides is 1. The molecule has 0 aliphatic rings. The van der Waals surface area contributed by atoms with E-state index in [4.69, 9.17) is 34.8 Å². The van der Waals surface area contributed by atoms with E-state index in [-0.39, 0.29) is 39.5 Å². The summed E-state index contributed by atoms with van der Waals surface area (Å²) in [4.78, 5) is 29.7. The molecule has 236 valence electrons. The van der Waals surface area contributed by atoms with E-state index in [1.54, 1.807) is 42.5 Å². The number of halogens is 3. The van der Waals surface area contributed by atoms with Gasteiger partial charge in [-0.1, -0.05) is 109 Å². The molecule has 1 unspecified atom stereocenters. The molecule has 0 saturated carbocycles. The van der Waals surface area contributed by atoms with Crippen LogP contribution < -0.4 is 9.62 Å². The summed E-state index contributed by atoms with van der Waals surface area (Å²) in [6, 6.07) is 27.6. The van der Waals surface area contributed by atoms with E-state index in [0.717, 1.165) is 22.7 Å². The minimum atomic E-state index is -4.25. The molecular formula is C34H34Cl3N3O4S. The Morgan fingerprint density at radius 2 is 1.47 bits per heavy atom. The Labute approximate surface area is 279 Å². The number of rotatable bonds is 14. The van der Waals surface area contributed by atoms with Crippen LogP contribution in [-0.4, -0.2) is 44.3 Å². The Morgan fingerprint density at radius 3 is 2.11 bits per heavy atom. The molecule has 4 rings (SSSR count). The summed E-state index contributed by atoms with van der Waals surface area (Å²) < 4.78 is 29.1. The first kappa shape index (κ1) is 34.3. The van der Waals surface area contributed by atoms with Crippen LogP contribution >= 0.6 is 34.8 Å². The van der Waals surface area contributed by atoms with E-state index in [9.17, 15) is 18.0 Å². The molecule has 0 aliphatic heterocycles. The lowest BCUT2D eigenvalue weighted by atomic mass is 10.0. The van der Waals surface area contributed by atoms with Gasteiger partial charge >= 0.3 is 0 Å². The molecule has 1 atom stereocenters. The average Bonchev–Trinajstić information content (AvgIpc) is 3.03. The maximum atomic E-state index is 14.5. The molecule has 1 N–H and O–H groups in total. The van der Waals surface area contributed by atoms with Gasteiger partial charge in [0.15, 0.2) is 0 Å². The number of carbonyl (C=O) groups is 2. The van der Waals surface area contributed by atoms with Gasteiger partial charge in [0.05, 0.1) is 20.6 Å². The maximum Gasteiger partial charge on any atom is 0.264 e. The zero-order valence-electron chi connectivity index (χ0n) is 24.7. The van der Waals surface area contributed by atoms with Crippen molar-refractivity contribution in [3.8, 4) is 0 Å². The van der Waals surface area contributed by atoms with Gasteiger partial charge in [-0.25, -0.2) is 8.42 Å². The highest BCUT2D eigenvalue weighted by molar-refractivity contribution is 7.92. The number of unbranched alkanes of at least 4 members (excludes halogenated alkanes) is 1. The van der Waals surface area contributed by atoms with Crippen LogP contribution in [0, 0.1) is 0 Å². The van der Waals surface area contributed by atoms with Gasteiger partial charge in [0.25, 0.3) is 10.0 Å². The van der Waals surface area contributed by atoms with Crippen molar-refractivity contribution < 1.29 is 18.0 Å². The molecule has 0 bridgehead atoms. The van der Waals surface area contributed by atoms with Gasteiger partial charge in [0.1, 0.15) is 12.6 Å². The summed E-state index contributed by atoms with van der Waals surface area (Å²) in [5, 5.41) is 3.80. The van der Waals surface area contributed by atoms with E-state index in [1.165, 1.54) is 35.2 Å². The second kappa shape index (κ2) is 16.1. The van der Waals surface area contributed by atoms with Gasteiger partial charge in [-0.05, 0) is 60.0 Å². The number of amides is 2. The Morgan fingerprint density at radius 1 is 0.800 bits per heavy atom. The van der Waals surface area contributed by atoms with Crippen molar-refractivity contribution >= 4 is 62.3 Å². The molecule has 45 heavy (non-hydrogen) atoms. The van der Waals surface area contributed by atoms with Gasteiger partial charge in [-0.3, -0.25) is 13.9 Å². The highest BCUT2D eigenvalue weighted by Gasteiger charge is 2.34. The highest BCUT2D eigenvalue weighted by Crippen LogP contribution is 2.31. The van der Waals surface area contributed by atoms with E-state index in [0.29, 0.717) is 17.1 Å². The smallest absolute Gasteiger partial charge is 0.264 e. The summed E-state index contributed by atoms with van der Waals surface area (Å²) >= 11 is 18.7. The number of carbonyl (C=O) groups excluding carboxylic acids is 2. The number of hydrogen-bond donors (Lipinski definition) is 1. The first-order valence-electron chi connectivity index (χ1n) is 14.5. The Hall–Kier alpha value is -3.56. The monoisotopic (exact) mass is 685 g/mol. The predicted molar refractivity (Wildman–Crippen MR) is 181 cm³/mol. The fourth-order valence-corrected chi connectivity index (χ4v) is 6.71. The van der Waals surface area contributed by atoms with E-state index in [2.05, 4.69) is 5.32 Å². The lowest BCUT2D eigenvalue weighted by Gasteiger charge is -2.34. The number of benzene rings is 4. The van der Waals surface area contributed by atoms with Crippen LogP contribution in [0.2, 0.25) is 15.1 Å². The van der Waals surface area contributed by atoms with Gasteiger partial charge < -0.3 is 10.2 Å². The number of nitrogens with one attached hydrogen (secondary N) is 1. The summed E-state index contributed by atoms with van der Waals surface area (Å²) in [5.74, 6) is -0.929. The molecule has 0 aliphatic carbocycles. The number of nitrogens with zero attached hydrogens (tertiary/aromatic N) is 2. The van der Waals surface area contributed by atoms with Crippen molar-refractivity contribution in [2.45, 2.75) is 43.7 Å². The molecule has 0 fully saturated rings. The lowest BCUT2D eigenvalue weighted by Crippen LogP contribution is -2.53. The van der Waals surface area contributed by atoms with Crippen molar-refractivity contribution in [2.24, 2.45) is 0 Å². The van der Waals surface area contributed by atoms with Crippen LogP contribution in [0.5, 0.6) is 0 Å². The number of anilines is 1. The second-order valence-corrected chi connectivity index (χ2v) is 13.5. The number of hydrogen-bond acceptors (Lipinski definition) is 4. The largest absolute Gasteiger partial charge is 0.354 e. The molecule has 11 heteroatoms. The molecule has 2 amide bonds. The molecule has 4 aromatic rings. The molecule has 7 nitrogen and oxygen atoms in total. The van der Waals surface area contributed by atoms with Crippen molar-refractivity contribution in [1.82, 2.24) is 10.2 Å². The molecule has 0 aromatic heterocycles. The van der Waals surface area contributed by atoms with Gasteiger partial charge in [0.2, 0.25) is 11.8 Å². The van der Waals surface area contributed by atoms with Crippen LogP contribution in [0.4, 0.5) is 5.69 Å². The first-order chi connectivity index (χ1) is 21.6. The summed E-state index contributed by atoms with van der Waals surface area (Å²) in [6.45, 7) is 1.87. The first-order valence-corrected chi connectivity index (χ1v) is 17.1. The summed E-state index contributed by atoms with van der Waals surface area (Å²) in [6.07, 6.45) is 1.86. The summed E-state index contributed by atoms with van der Waals surface area (Å²) in [7, 11) is -4.25. The van der Waals surface area contributed by atoms with E-state index in [1.807, 2.05) is 37.3 Å². The molecule has 0 heterocycles. The normalized spacial score (nSPS) is 11.9. The Bertz CT molecular complexity index is 1710. The minimum absolute atomic E-state index is 0.0107. The van der Waals surface area contributed by atoms with Crippen molar-refractivity contribution in [3.05, 3.63) is 129 Å². The Balaban J connectivity index is 1.80. The van der Waals surface area contributed by atoms with E-state index < -0.39 is 28.5 Å². The standard InChI is InChI=1S/C34H34Cl3N3O4S/c1-2-3-19-38-34(42)32(21-25-11-6-4-7-12-25)39(23-26-13-10-14-27(35)20-26)33(41)24-40(28-17-18-30(36)31(37)22-28)45(43,44)29-15-8-5-9-16-29/h4-18,20,22,32H,2-3,19,21,23-24H2,1H3,(H,38,42). The van der Waals surface area contributed by atoms with Crippen molar-refractivity contribution in [3.63, 3.8) is 0 Å². The van der Waals surface area contributed by atoms with Crippen LogP contribution in [0.25, 0.3) is 0 Å². The van der Waals surface area contributed by atoms with Crippen LogP contribution in [0.15, 0.2) is 108 Å². The average molecular weight is 687 g/mol. The topological polar surface area (TPSA) is 86.8 Å². The van der Waals surface area contributed by atoms with Crippen LogP contribution in [-0.2, 0) is 32.6 Å². The molecular weight excluding hydrogens is 653 g/mol. The van der Waals surface area contributed by atoms with Crippen molar-refractivity contribution in [2.75, 3.05) is 17.4 Å². The molecule has 0 radical (unpaired) electrons. The Kier molecular flexibility index (Phi) is 12.3. The zero-order chi connectivity index (χ0) is 32.4. The zero-order valence-corrected chi connectivity index (χ0v) is 27.8. The maximum absolute atomic E-state index is 14.5. The molecule has 0 saturated heterocycles. The highest BCUT2D eigenvalue weighted by atomic mass is 35.5. The third kappa shape index (κ3) is 9.23. The van der Waals surface area contributed by atoms with E-state index >= 15 is 0 Å². The quantitative estimate of drug-likeness (QED) is 0.140. The summed E-state index contributed by atoms with van der Waals surface area (Å²) in [5.41, 5.74) is 1.67. The van der Waals surface area contributed by atoms with Gasteiger partial charge in [-0.15, -0.1) is 0 Å². The predicted octanol–water partition coefficient (Wildman–Crippen LogP) is 7.40. The van der Waals surface area contributed by atoms with Gasteiger partial charge in [0, 0.05) is 24.5 Å². The van der Waals surface area contributed by atoms with Crippen LogP contribution in [0.1, 0.15) is 30.9 Å².